The third kappa shape index (κ3) is 5.47. The molecule has 1 aromatic heterocycles. The fourth-order valence-corrected chi connectivity index (χ4v) is 4.44. The van der Waals surface area contributed by atoms with Crippen molar-refractivity contribution in [3.63, 3.8) is 0 Å². The Kier molecular flexibility index (Phi) is 7.71. The number of carbonyl (C=O) groups is 1. The summed E-state index contributed by atoms with van der Waals surface area (Å²) in [7, 11) is 0. The van der Waals surface area contributed by atoms with Crippen molar-refractivity contribution in [3.05, 3.63) is 24.0 Å². The number of hydrogen-bond donors (Lipinski definition) is 0. The molecule has 0 bridgehead atoms. The van der Waals surface area contributed by atoms with Gasteiger partial charge < -0.3 is 9.80 Å². The van der Waals surface area contributed by atoms with Gasteiger partial charge in [-0.1, -0.05) is 39.0 Å². The molecule has 1 amide bonds. The first kappa shape index (κ1) is 20.6. The number of amides is 1. The van der Waals surface area contributed by atoms with E-state index in [1.807, 2.05) is 12.1 Å². The summed E-state index contributed by atoms with van der Waals surface area (Å²) < 4.78 is 0. The second kappa shape index (κ2) is 10.5. The van der Waals surface area contributed by atoms with E-state index >= 15 is 0 Å². The Bertz CT molecular complexity index is 671. The van der Waals surface area contributed by atoms with Crippen LogP contribution in [-0.4, -0.2) is 42.0 Å². The molecular formula is C23H34N4O. The lowest BCUT2D eigenvalue weighted by Gasteiger charge is -2.35. The highest BCUT2D eigenvalue weighted by Crippen LogP contribution is 2.31. The van der Waals surface area contributed by atoms with Gasteiger partial charge in [-0.25, -0.2) is 4.98 Å². The lowest BCUT2D eigenvalue weighted by molar-refractivity contribution is -0.136. The normalized spacial score (nSPS) is 17.8. The summed E-state index contributed by atoms with van der Waals surface area (Å²) in [6, 6.07) is 5.90. The SMILES string of the molecule is CCCN(CCCCC1CCC1)C(=O)C1CCN(c2ccnc(C#N)c2)CC1. The van der Waals surface area contributed by atoms with Gasteiger partial charge >= 0.3 is 0 Å². The van der Waals surface area contributed by atoms with Crippen LogP contribution in [0.25, 0.3) is 0 Å². The number of pyridine rings is 1. The number of nitrogens with zero attached hydrogens (tertiary/aromatic N) is 4. The van der Waals surface area contributed by atoms with Crippen molar-refractivity contribution in [3.8, 4) is 6.07 Å². The van der Waals surface area contributed by atoms with E-state index in [9.17, 15) is 4.79 Å². The van der Waals surface area contributed by atoms with Crippen LogP contribution in [0.4, 0.5) is 5.69 Å². The van der Waals surface area contributed by atoms with Crippen LogP contribution in [0.3, 0.4) is 0 Å². The largest absolute Gasteiger partial charge is 0.371 e. The van der Waals surface area contributed by atoms with Crippen LogP contribution in [0.15, 0.2) is 18.3 Å². The van der Waals surface area contributed by atoms with Crippen molar-refractivity contribution in [2.45, 2.75) is 64.7 Å². The van der Waals surface area contributed by atoms with Crippen molar-refractivity contribution in [2.24, 2.45) is 11.8 Å². The quantitative estimate of drug-likeness (QED) is 0.595. The second-order valence-corrected chi connectivity index (χ2v) is 8.39. The van der Waals surface area contributed by atoms with E-state index in [0.717, 1.165) is 63.5 Å². The maximum atomic E-state index is 13.1. The number of aromatic nitrogens is 1. The summed E-state index contributed by atoms with van der Waals surface area (Å²) in [4.78, 5) is 21.5. The van der Waals surface area contributed by atoms with Gasteiger partial charge in [0, 0.05) is 44.0 Å². The highest BCUT2D eigenvalue weighted by atomic mass is 16.2. The summed E-state index contributed by atoms with van der Waals surface area (Å²) in [5, 5.41) is 9.04. The van der Waals surface area contributed by atoms with Crippen molar-refractivity contribution >= 4 is 11.6 Å². The first-order chi connectivity index (χ1) is 13.7. The summed E-state index contributed by atoms with van der Waals surface area (Å²) in [6.45, 7) is 5.71. The third-order valence-electron chi connectivity index (χ3n) is 6.39. The van der Waals surface area contributed by atoms with Crippen LogP contribution in [0.1, 0.15) is 70.4 Å². The molecule has 0 unspecified atom stereocenters. The maximum absolute atomic E-state index is 13.1. The molecule has 1 saturated heterocycles. The molecule has 5 heteroatoms. The standard InChI is InChI=1S/C23H34N4O/c1-2-13-27(14-4-3-6-19-7-5-8-19)23(28)20-10-15-26(16-11-20)22-9-12-25-21(17-22)18-24/h9,12,17,19-20H,2-8,10-11,13-16H2,1H3. The second-order valence-electron chi connectivity index (χ2n) is 8.39. The minimum absolute atomic E-state index is 0.145. The molecule has 0 N–H and O–H groups in total. The van der Waals surface area contributed by atoms with Gasteiger partial charge in [0.15, 0.2) is 0 Å². The minimum Gasteiger partial charge on any atom is -0.371 e. The summed E-state index contributed by atoms with van der Waals surface area (Å²) >= 11 is 0. The van der Waals surface area contributed by atoms with E-state index in [1.165, 1.54) is 32.1 Å². The number of anilines is 1. The molecule has 2 fully saturated rings. The molecule has 3 rings (SSSR count). The van der Waals surface area contributed by atoms with Crippen LogP contribution in [0, 0.1) is 23.2 Å². The van der Waals surface area contributed by atoms with Crippen LogP contribution < -0.4 is 4.90 Å². The average molecular weight is 383 g/mol. The van der Waals surface area contributed by atoms with E-state index in [0.29, 0.717) is 11.6 Å². The predicted octanol–water partition coefficient (Wildman–Crippen LogP) is 4.38. The molecular weight excluding hydrogens is 348 g/mol. The number of unbranched alkanes of at least 4 members (excludes halogenated alkanes) is 1. The molecule has 0 aromatic carbocycles. The number of rotatable bonds is 9. The van der Waals surface area contributed by atoms with Crippen molar-refractivity contribution in [1.82, 2.24) is 9.88 Å². The molecule has 28 heavy (non-hydrogen) atoms. The first-order valence-electron chi connectivity index (χ1n) is 11.1. The molecule has 2 heterocycles. The fraction of sp³-hybridized carbons (Fsp3) is 0.696. The fourth-order valence-electron chi connectivity index (χ4n) is 4.44. The van der Waals surface area contributed by atoms with Crippen LogP contribution in [0.5, 0.6) is 0 Å². The summed E-state index contributed by atoms with van der Waals surface area (Å²) in [5.41, 5.74) is 1.49. The molecule has 1 aliphatic heterocycles. The van der Waals surface area contributed by atoms with Gasteiger partial charge in [-0.2, -0.15) is 5.26 Å². The zero-order valence-electron chi connectivity index (χ0n) is 17.3. The van der Waals surface area contributed by atoms with Gasteiger partial charge in [-0.3, -0.25) is 4.79 Å². The highest BCUT2D eigenvalue weighted by molar-refractivity contribution is 5.79. The lowest BCUT2D eigenvalue weighted by Crippen LogP contribution is -2.43. The Morgan fingerprint density at radius 1 is 1.25 bits per heavy atom. The van der Waals surface area contributed by atoms with Gasteiger partial charge in [0.25, 0.3) is 0 Å². The van der Waals surface area contributed by atoms with Crippen LogP contribution in [0.2, 0.25) is 0 Å². The maximum Gasteiger partial charge on any atom is 0.225 e. The molecule has 1 saturated carbocycles. The van der Waals surface area contributed by atoms with Gasteiger partial charge in [-0.15, -0.1) is 0 Å². The molecule has 0 radical (unpaired) electrons. The Morgan fingerprint density at radius 2 is 2.04 bits per heavy atom. The third-order valence-corrected chi connectivity index (χ3v) is 6.39. The summed E-state index contributed by atoms with van der Waals surface area (Å²) in [5.74, 6) is 1.47. The van der Waals surface area contributed by atoms with E-state index in [1.54, 1.807) is 6.20 Å². The van der Waals surface area contributed by atoms with Crippen molar-refractivity contribution < 1.29 is 4.79 Å². The van der Waals surface area contributed by atoms with E-state index < -0.39 is 0 Å². The lowest BCUT2D eigenvalue weighted by atomic mass is 9.82. The highest BCUT2D eigenvalue weighted by Gasteiger charge is 2.28. The predicted molar refractivity (Wildman–Crippen MR) is 112 cm³/mol. The molecule has 1 aromatic rings. The Labute approximate surface area is 169 Å². The Hall–Kier alpha value is -2.09. The van der Waals surface area contributed by atoms with E-state index in [-0.39, 0.29) is 5.92 Å². The molecule has 5 nitrogen and oxygen atoms in total. The molecule has 2 aliphatic rings. The number of piperidine rings is 1. The zero-order chi connectivity index (χ0) is 19.8. The first-order valence-corrected chi connectivity index (χ1v) is 11.1. The van der Waals surface area contributed by atoms with Crippen molar-refractivity contribution in [2.75, 3.05) is 31.1 Å². The summed E-state index contributed by atoms with van der Waals surface area (Å²) in [6.07, 6.45) is 12.5. The van der Waals surface area contributed by atoms with E-state index in [2.05, 4.69) is 27.8 Å². The molecule has 152 valence electrons. The van der Waals surface area contributed by atoms with Crippen LogP contribution in [-0.2, 0) is 4.79 Å². The number of carbonyl (C=O) groups excluding carboxylic acids is 1. The topological polar surface area (TPSA) is 60.2 Å². The van der Waals surface area contributed by atoms with Gasteiger partial charge in [-0.05, 0) is 43.7 Å². The smallest absolute Gasteiger partial charge is 0.225 e. The Morgan fingerprint density at radius 3 is 2.68 bits per heavy atom. The zero-order valence-corrected chi connectivity index (χ0v) is 17.3. The minimum atomic E-state index is 0.145. The monoisotopic (exact) mass is 382 g/mol. The van der Waals surface area contributed by atoms with E-state index in [4.69, 9.17) is 5.26 Å². The van der Waals surface area contributed by atoms with Crippen LogP contribution >= 0.6 is 0 Å². The molecule has 1 aliphatic carbocycles. The number of hydrogen-bond acceptors (Lipinski definition) is 4. The Balaban J connectivity index is 1.46. The average Bonchev–Trinajstić information content (AvgIpc) is 2.71. The van der Waals surface area contributed by atoms with Gasteiger partial charge in [0.2, 0.25) is 5.91 Å². The van der Waals surface area contributed by atoms with Gasteiger partial charge in [0.1, 0.15) is 11.8 Å². The molecule has 0 atom stereocenters. The van der Waals surface area contributed by atoms with Crippen molar-refractivity contribution in [1.29, 1.82) is 5.26 Å². The molecule has 0 spiro atoms. The number of nitriles is 1. The van der Waals surface area contributed by atoms with Gasteiger partial charge in [0.05, 0.1) is 0 Å².